The van der Waals surface area contributed by atoms with Gasteiger partial charge in [-0.25, -0.2) is 4.98 Å². The summed E-state index contributed by atoms with van der Waals surface area (Å²) in [6.45, 7) is 3.80. The molecule has 48 heavy (non-hydrogen) atoms. The van der Waals surface area contributed by atoms with E-state index in [4.69, 9.17) is 0 Å². The van der Waals surface area contributed by atoms with Crippen molar-refractivity contribution < 1.29 is 14.4 Å². The van der Waals surface area contributed by atoms with Crippen LogP contribution in [-0.2, 0) is 9.59 Å². The van der Waals surface area contributed by atoms with Crippen molar-refractivity contribution in [2.75, 3.05) is 10.6 Å². The number of hydrogen-bond acceptors (Lipinski definition) is 6. The van der Waals surface area contributed by atoms with Gasteiger partial charge in [0.25, 0.3) is 11.8 Å². The Hall–Kier alpha value is -5.51. The number of thiazole rings is 1. The van der Waals surface area contributed by atoms with Gasteiger partial charge >= 0.3 is 0 Å². The molecule has 1 aromatic heterocycles. The molecule has 238 valence electrons. The fourth-order valence-corrected chi connectivity index (χ4v) is 6.55. The Kier molecular flexibility index (Phi) is 10.1. The molecule has 0 aliphatic rings. The third-order valence-electron chi connectivity index (χ3n) is 7.46. The molecule has 0 fully saturated rings. The van der Waals surface area contributed by atoms with Crippen molar-refractivity contribution in [3.05, 3.63) is 149 Å². The minimum absolute atomic E-state index is 0.115. The number of amides is 3. The number of rotatable bonds is 10. The first kappa shape index (κ1) is 32.4. The molecule has 3 N–H and O–H groups in total. The van der Waals surface area contributed by atoms with Crippen molar-refractivity contribution >= 4 is 68.5 Å². The summed E-state index contributed by atoms with van der Waals surface area (Å²) in [6.07, 6.45) is 1.65. The molecule has 9 heteroatoms. The van der Waals surface area contributed by atoms with Crippen molar-refractivity contribution in [3.8, 4) is 11.3 Å². The van der Waals surface area contributed by atoms with Crippen LogP contribution in [0.2, 0.25) is 0 Å². The van der Waals surface area contributed by atoms with Crippen molar-refractivity contribution in [2.45, 2.75) is 24.0 Å². The Morgan fingerprint density at radius 2 is 1.54 bits per heavy atom. The Morgan fingerprint density at radius 1 is 0.792 bits per heavy atom. The van der Waals surface area contributed by atoms with E-state index in [2.05, 4.69) is 45.2 Å². The first-order chi connectivity index (χ1) is 23.3. The molecule has 3 amide bonds. The maximum absolute atomic E-state index is 13.4. The second kappa shape index (κ2) is 14.9. The molecule has 0 saturated heterocycles. The predicted molar refractivity (Wildman–Crippen MR) is 197 cm³/mol. The number of benzene rings is 5. The summed E-state index contributed by atoms with van der Waals surface area (Å²) in [5.41, 5.74) is 4.74. The van der Waals surface area contributed by atoms with Gasteiger partial charge in [-0.1, -0.05) is 84.4 Å². The molecule has 0 bridgehead atoms. The van der Waals surface area contributed by atoms with E-state index in [-0.39, 0.29) is 17.5 Å². The van der Waals surface area contributed by atoms with Gasteiger partial charge in [-0.05, 0) is 78.7 Å². The van der Waals surface area contributed by atoms with Gasteiger partial charge < -0.3 is 16.0 Å². The van der Waals surface area contributed by atoms with Gasteiger partial charge in [0.2, 0.25) is 5.91 Å². The summed E-state index contributed by atoms with van der Waals surface area (Å²) in [7, 11) is 0. The summed E-state index contributed by atoms with van der Waals surface area (Å²) in [5.74, 6) is -0.997. The van der Waals surface area contributed by atoms with Crippen LogP contribution in [-0.4, -0.2) is 28.0 Å². The van der Waals surface area contributed by atoms with Gasteiger partial charge in [0, 0.05) is 27.1 Å². The van der Waals surface area contributed by atoms with Crippen LogP contribution in [0.1, 0.15) is 28.4 Å². The monoisotopic (exact) mass is 668 g/mol. The number of aromatic nitrogens is 1. The van der Waals surface area contributed by atoms with E-state index >= 15 is 0 Å². The Balaban J connectivity index is 1.07. The largest absolute Gasteiger partial charge is 0.321 e. The number of nitrogens with one attached hydrogen (secondary N) is 3. The van der Waals surface area contributed by atoms with E-state index in [0.717, 1.165) is 32.7 Å². The number of nitrogens with zero attached hydrogens (tertiary/aromatic N) is 1. The van der Waals surface area contributed by atoms with Crippen molar-refractivity contribution in [1.29, 1.82) is 0 Å². The summed E-state index contributed by atoms with van der Waals surface area (Å²) >= 11 is 2.79. The van der Waals surface area contributed by atoms with Gasteiger partial charge in [0.15, 0.2) is 5.13 Å². The number of anilines is 2. The zero-order chi connectivity index (χ0) is 33.5. The molecule has 5 aromatic carbocycles. The summed E-state index contributed by atoms with van der Waals surface area (Å²) < 4.78 is 0. The molecule has 1 heterocycles. The fourth-order valence-electron chi connectivity index (χ4n) is 4.96. The summed E-state index contributed by atoms with van der Waals surface area (Å²) in [5, 5.41) is 13.0. The van der Waals surface area contributed by atoms with Gasteiger partial charge in [-0.3, -0.25) is 14.4 Å². The van der Waals surface area contributed by atoms with Crippen LogP contribution >= 0.6 is 23.1 Å². The number of thioether (sulfide) groups is 1. The molecule has 1 unspecified atom stereocenters. The van der Waals surface area contributed by atoms with Crippen LogP contribution in [0.15, 0.2) is 137 Å². The van der Waals surface area contributed by atoms with E-state index in [0.29, 0.717) is 16.4 Å². The molecule has 1 atom stereocenters. The van der Waals surface area contributed by atoms with Crippen molar-refractivity contribution in [1.82, 2.24) is 10.3 Å². The summed E-state index contributed by atoms with van der Waals surface area (Å²) in [6, 6.07) is 38.0. The molecule has 0 radical (unpaired) electrons. The zero-order valence-electron chi connectivity index (χ0n) is 26.3. The van der Waals surface area contributed by atoms with E-state index in [9.17, 15) is 14.4 Å². The van der Waals surface area contributed by atoms with E-state index in [1.165, 1.54) is 28.5 Å². The van der Waals surface area contributed by atoms with Gasteiger partial charge in [-0.2, -0.15) is 0 Å². The molecule has 6 aromatic rings. The first-order valence-electron chi connectivity index (χ1n) is 15.3. The average molecular weight is 669 g/mol. The smallest absolute Gasteiger partial charge is 0.272 e. The highest BCUT2D eigenvalue weighted by molar-refractivity contribution is 8.00. The average Bonchev–Trinajstić information content (AvgIpc) is 3.57. The zero-order valence-corrected chi connectivity index (χ0v) is 27.9. The normalized spacial score (nSPS) is 11.9. The van der Waals surface area contributed by atoms with Crippen LogP contribution in [0, 0.1) is 6.92 Å². The van der Waals surface area contributed by atoms with Crippen LogP contribution in [0.3, 0.4) is 0 Å². The Labute approximate surface area is 287 Å². The highest BCUT2D eigenvalue weighted by Crippen LogP contribution is 2.30. The molecule has 0 spiro atoms. The van der Waals surface area contributed by atoms with E-state index < -0.39 is 11.2 Å². The first-order valence-corrected chi connectivity index (χ1v) is 17.0. The molecule has 6 rings (SSSR count). The summed E-state index contributed by atoms with van der Waals surface area (Å²) in [4.78, 5) is 44.8. The molecular weight excluding hydrogens is 637 g/mol. The third-order valence-corrected chi connectivity index (χ3v) is 9.33. The highest BCUT2D eigenvalue weighted by Gasteiger charge is 2.18. The van der Waals surface area contributed by atoms with Gasteiger partial charge in [0.05, 0.1) is 10.9 Å². The Bertz CT molecular complexity index is 2130. The maximum Gasteiger partial charge on any atom is 0.272 e. The minimum atomic E-state index is -0.458. The lowest BCUT2D eigenvalue weighted by molar-refractivity contribution is -0.115. The second-order valence-electron chi connectivity index (χ2n) is 11.1. The van der Waals surface area contributed by atoms with Gasteiger partial charge in [0.1, 0.15) is 5.70 Å². The lowest BCUT2D eigenvalue weighted by atomic mass is 10.1. The van der Waals surface area contributed by atoms with E-state index in [1.807, 2.05) is 79.9 Å². The van der Waals surface area contributed by atoms with Crippen LogP contribution in [0.25, 0.3) is 28.1 Å². The molecular formula is C39H32N4O3S2. The second-order valence-corrected chi connectivity index (χ2v) is 13.4. The molecule has 7 nitrogen and oxygen atoms in total. The number of carbonyl (C=O) groups is 3. The van der Waals surface area contributed by atoms with Gasteiger partial charge in [-0.15, -0.1) is 23.1 Å². The van der Waals surface area contributed by atoms with Crippen molar-refractivity contribution in [3.63, 3.8) is 0 Å². The number of fused-ring (bicyclic) bond motifs is 1. The van der Waals surface area contributed by atoms with Crippen molar-refractivity contribution in [2.24, 2.45) is 0 Å². The van der Waals surface area contributed by atoms with E-state index in [1.54, 1.807) is 42.5 Å². The number of carbonyl (C=O) groups excluding carboxylic acids is 3. The highest BCUT2D eigenvalue weighted by atomic mass is 32.2. The Morgan fingerprint density at radius 3 is 2.31 bits per heavy atom. The molecule has 0 saturated carbocycles. The maximum atomic E-state index is 13.4. The van der Waals surface area contributed by atoms with Crippen LogP contribution in [0.5, 0.6) is 0 Å². The SMILES string of the molecule is Cc1cccc(/C=C(\NC(=O)c2ccccc2)C(=O)Nc2ccc(SC(C)C(=O)Nc3nc(-c4ccc5ccccc5c4)cs3)cc2)c1. The molecule has 0 aliphatic heterocycles. The van der Waals surface area contributed by atoms with Crippen LogP contribution in [0.4, 0.5) is 10.8 Å². The quantitative estimate of drug-likeness (QED) is 0.100. The third kappa shape index (κ3) is 8.25. The molecule has 0 aliphatic carbocycles. The number of aryl methyl sites for hydroxylation is 1. The van der Waals surface area contributed by atoms with Crippen LogP contribution < -0.4 is 16.0 Å². The topological polar surface area (TPSA) is 100 Å². The lowest BCUT2D eigenvalue weighted by Gasteiger charge is -2.13. The lowest BCUT2D eigenvalue weighted by Crippen LogP contribution is -2.30. The standard InChI is InChI=1S/C39H32N4O3S2/c1-25-9-8-10-27(21-25)22-34(41-37(45)29-12-4-3-5-13-29)38(46)40-32-17-19-33(20-18-32)48-26(2)36(44)43-39-42-35(24-47-39)31-16-15-28-11-6-7-14-30(28)23-31/h3-24,26H,1-2H3,(H,40,46)(H,41,45)(H,42,43,44)/b34-22-. The number of hydrogen-bond donors (Lipinski definition) is 3. The fraction of sp³-hybridized carbons (Fsp3) is 0.0769. The predicted octanol–water partition coefficient (Wildman–Crippen LogP) is 8.80. The minimum Gasteiger partial charge on any atom is -0.321 e.